The number of hydrogen-bond donors (Lipinski definition) is 2. The quantitative estimate of drug-likeness (QED) is 0.759. The number of carbonyl (C=O) groups is 2. The van der Waals surface area contributed by atoms with Crippen molar-refractivity contribution in [3.05, 3.63) is 0 Å². The molecular weight excluding hydrogens is 216 g/mol. The van der Waals surface area contributed by atoms with E-state index >= 15 is 0 Å². The monoisotopic (exact) mass is 238 g/mol. The van der Waals surface area contributed by atoms with Crippen LogP contribution in [0.3, 0.4) is 0 Å². The van der Waals surface area contributed by atoms with Gasteiger partial charge in [0, 0.05) is 19.0 Å². The summed E-state index contributed by atoms with van der Waals surface area (Å²) in [4.78, 5) is 23.0. The largest absolute Gasteiger partial charge is 0.355 e. The highest BCUT2D eigenvalue weighted by Gasteiger charge is 2.33. The molecule has 4 heteroatoms. The zero-order valence-electron chi connectivity index (χ0n) is 10.7. The Kier molecular flexibility index (Phi) is 3.40. The lowest BCUT2D eigenvalue weighted by molar-refractivity contribution is -0.129. The summed E-state index contributed by atoms with van der Waals surface area (Å²) in [5.41, 5.74) is 0.360. The van der Waals surface area contributed by atoms with Crippen molar-refractivity contribution < 1.29 is 9.59 Å². The maximum absolute atomic E-state index is 12.0. The van der Waals surface area contributed by atoms with Crippen molar-refractivity contribution in [1.29, 1.82) is 0 Å². The predicted molar refractivity (Wildman–Crippen MR) is 65.3 cm³/mol. The van der Waals surface area contributed by atoms with Crippen LogP contribution in [0.15, 0.2) is 0 Å². The lowest BCUT2D eigenvalue weighted by Crippen LogP contribution is -2.45. The molecule has 2 rings (SSSR count). The normalized spacial score (nSPS) is 32.0. The van der Waals surface area contributed by atoms with Crippen LogP contribution in [0.5, 0.6) is 0 Å². The number of rotatable bonds is 2. The Hall–Kier alpha value is -1.06. The van der Waals surface area contributed by atoms with Gasteiger partial charge in [0.15, 0.2) is 0 Å². The summed E-state index contributed by atoms with van der Waals surface area (Å²) >= 11 is 0. The molecule has 17 heavy (non-hydrogen) atoms. The van der Waals surface area contributed by atoms with Crippen LogP contribution in [-0.2, 0) is 9.59 Å². The van der Waals surface area contributed by atoms with E-state index in [4.69, 9.17) is 0 Å². The van der Waals surface area contributed by atoms with Gasteiger partial charge in [-0.25, -0.2) is 0 Å². The zero-order chi connectivity index (χ0) is 12.5. The molecule has 0 aromatic rings. The molecule has 1 saturated heterocycles. The van der Waals surface area contributed by atoms with E-state index in [0.29, 0.717) is 30.8 Å². The molecule has 2 amide bonds. The second kappa shape index (κ2) is 4.67. The molecule has 0 aromatic carbocycles. The predicted octanol–water partition coefficient (Wildman–Crippen LogP) is 1.21. The van der Waals surface area contributed by atoms with E-state index in [0.717, 1.165) is 12.8 Å². The van der Waals surface area contributed by atoms with E-state index in [1.807, 2.05) is 0 Å². The maximum atomic E-state index is 12.0. The Bertz CT molecular complexity index is 315. The van der Waals surface area contributed by atoms with Gasteiger partial charge < -0.3 is 10.6 Å². The molecule has 1 saturated carbocycles. The van der Waals surface area contributed by atoms with Gasteiger partial charge in [-0.2, -0.15) is 0 Å². The van der Waals surface area contributed by atoms with Crippen LogP contribution < -0.4 is 10.6 Å². The van der Waals surface area contributed by atoms with Crippen molar-refractivity contribution in [3.63, 3.8) is 0 Å². The van der Waals surface area contributed by atoms with Crippen LogP contribution in [0.25, 0.3) is 0 Å². The fourth-order valence-corrected chi connectivity index (χ4v) is 2.83. The first-order chi connectivity index (χ1) is 7.96. The highest BCUT2D eigenvalue weighted by atomic mass is 16.2. The van der Waals surface area contributed by atoms with Gasteiger partial charge in [-0.05, 0) is 31.1 Å². The topological polar surface area (TPSA) is 58.2 Å². The molecule has 4 nitrogen and oxygen atoms in total. The van der Waals surface area contributed by atoms with E-state index < -0.39 is 0 Å². The molecule has 2 atom stereocenters. The van der Waals surface area contributed by atoms with Gasteiger partial charge in [-0.15, -0.1) is 0 Å². The van der Waals surface area contributed by atoms with Crippen LogP contribution in [0.4, 0.5) is 0 Å². The third-order valence-electron chi connectivity index (χ3n) is 3.95. The van der Waals surface area contributed by atoms with Crippen molar-refractivity contribution >= 4 is 11.8 Å². The van der Waals surface area contributed by atoms with Crippen LogP contribution in [0.1, 0.15) is 46.0 Å². The fourth-order valence-electron chi connectivity index (χ4n) is 2.83. The standard InChI is InChI=1S/C13H22N2O2/c1-13(2)6-5-10(7-13)15-12(17)9-3-4-11(16)14-8-9/h9-10H,3-8H2,1-2H3,(H,14,16)(H,15,17). The third kappa shape index (κ3) is 3.20. The van der Waals surface area contributed by atoms with Gasteiger partial charge in [0.25, 0.3) is 0 Å². The van der Waals surface area contributed by atoms with Crippen molar-refractivity contribution in [1.82, 2.24) is 10.6 Å². The summed E-state index contributed by atoms with van der Waals surface area (Å²) in [6, 6.07) is 0.329. The number of amides is 2. The molecule has 2 fully saturated rings. The molecule has 1 aliphatic heterocycles. The van der Waals surface area contributed by atoms with E-state index in [1.54, 1.807) is 0 Å². The number of nitrogens with one attached hydrogen (secondary N) is 2. The van der Waals surface area contributed by atoms with E-state index in [1.165, 1.54) is 6.42 Å². The van der Waals surface area contributed by atoms with Crippen LogP contribution in [-0.4, -0.2) is 24.4 Å². The maximum Gasteiger partial charge on any atom is 0.225 e. The van der Waals surface area contributed by atoms with Gasteiger partial charge >= 0.3 is 0 Å². The summed E-state index contributed by atoms with van der Waals surface area (Å²) in [7, 11) is 0. The van der Waals surface area contributed by atoms with Crippen molar-refractivity contribution in [2.24, 2.45) is 11.3 Å². The molecular formula is C13H22N2O2. The molecule has 96 valence electrons. The summed E-state index contributed by atoms with van der Waals surface area (Å²) in [5.74, 6) is 0.153. The number of hydrogen-bond acceptors (Lipinski definition) is 2. The SMILES string of the molecule is CC1(C)CCC(NC(=O)C2CCC(=O)NC2)C1. The fraction of sp³-hybridized carbons (Fsp3) is 0.846. The minimum absolute atomic E-state index is 0.0311. The Morgan fingerprint density at radius 3 is 2.71 bits per heavy atom. The Labute approximate surface area is 103 Å². The Balaban J connectivity index is 1.80. The molecule has 2 aliphatic rings. The van der Waals surface area contributed by atoms with Crippen LogP contribution in [0, 0.1) is 11.3 Å². The molecule has 0 radical (unpaired) electrons. The lowest BCUT2D eigenvalue weighted by Gasteiger charge is -2.24. The molecule has 1 heterocycles. The second-order valence-electron chi connectivity index (χ2n) is 6.15. The zero-order valence-corrected chi connectivity index (χ0v) is 10.7. The summed E-state index contributed by atoms with van der Waals surface area (Å²) in [6.45, 7) is 5.00. The highest BCUT2D eigenvalue weighted by Crippen LogP contribution is 2.37. The minimum Gasteiger partial charge on any atom is -0.355 e. The first-order valence-corrected chi connectivity index (χ1v) is 6.53. The minimum atomic E-state index is -0.0311. The van der Waals surface area contributed by atoms with Crippen molar-refractivity contribution in [2.75, 3.05) is 6.54 Å². The number of piperidine rings is 1. The van der Waals surface area contributed by atoms with Gasteiger partial charge in [-0.1, -0.05) is 13.8 Å². The first kappa shape index (κ1) is 12.4. The van der Waals surface area contributed by atoms with Crippen molar-refractivity contribution in [2.45, 2.75) is 52.0 Å². The molecule has 0 spiro atoms. The number of carbonyl (C=O) groups excluding carboxylic acids is 2. The van der Waals surface area contributed by atoms with Gasteiger partial charge in [0.05, 0.1) is 5.92 Å². The summed E-state index contributed by atoms with van der Waals surface area (Å²) in [5, 5.41) is 5.88. The summed E-state index contributed by atoms with van der Waals surface area (Å²) < 4.78 is 0. The first-order valence-electron chi connectivity index (χ1n) is 6.53. The third-order valence-corrected chi connectivity index (χ3v) is 3.95. The molecule has 2 unspecified atom stereocenters. The second-order valence-corrected chi connectivity index (χ2v) is 6.15. The average molecular weight is 238 g/mol. The van der Waals surface area contributed by atoms with Crippen LogP contribution >= 0.6 is 0 Å². The van der Waals surface area contributed by atoms with Gasteiger partial charge in [-0.3, -0.25) is 9.59 Å². The molecule has 2 N–H and O–H groups in total. The van der Waals surface area contributed by atoms with E-state index in [2.05, 4.69) is 24.5 Å². The van der Waals surface area contributed by atoms with Gasteiger partial charge in [0.2, 0.25) is 11.8 Å². The molecule has 0 aromatic heterocycles. The average Bonchev–Trinajstić information content (AvgIpc) is 2.59. The van der Waals surface area contributed by atoms with Crippen molar-refractivity contribution in [3.8, 4) is 0 Å². The molecule has 1 aliphatic carbocycles. The Morgan fingerprint density at radius 1 is 1.41 bits per heavy atom. The van der Waals surface area contributed by atoms with E-state index in [-0.39, 0.29) is 17.7 Å². The summed E-state index contributed by atoms with van der Waals surface area (Å²) in [6.07, 6.45) is 4.50. The lowest BCUT2D eigenvalue weighted by atomic mass is 9.91. The Morgan fingerprint density at radius 2 is 2.18 bits per heavy atom. The van der Waals surface area contributed by atoms with Gasteiger partial charge in [0.1, 0.15) is 0 Å². The highest BCUT2D eigenvalue weighted by molar-refractivity contribution is 5.83. The molecule has 0 bridgehead atoms. The van der Waals surface area contributed by atoms with Crippen LogP contribution in [0.2, 0.25) is 0 Å². The smallest absolute Gasteiger partial charge is 0.225 e. The van der Waals surface area contributed by atoms with E-state index in [9.17, 15) is 9.59 Å².